The van der Waals surface area contributed by atoms with E-state index in [1.807, 2.05) is 0 Å². The van der Waals surface area contributed by atoms with E-state index in [1.165, 1.54) is 51.4 Å². The lowest BCUT2D eigenvalue weighted by Gasteiger charge is -2.14. The summed E-state index contributed by atoms with van der Waals surface area (Å²) in [5, 5.41) is 0. The van der Waals surface area contributed by atoms with Gasteiger partial charge in [0.25, 0.3) is 0 Å². The molecule has 0 aliphatic heterocycles. The molecule has 1 aromatic rings. The molecule has 14 heavy (non-hydrogen) atoms. The normalized spacial score (nSPS) is 20.4. The van der Waals surface area contributed by atoms with Gasteiger partial charge in [0.15, 0.2) is 0 Å². The average Bonchev–Trinajstić information content (AvgIpc) is 2.55. The standard InChI is InChI=1S/C12H16IN/c13-14-11-7-3-1-5-9(11)10-6-2-4-8-12(10)14/h1-8H2. The van der Waals surface area contributed by atoms with Crippen LogP contribution in [0.25, 0.3) is 0 Å². The lowest BCUT2D eigenvalue weighted by atomic mass is 9.89. The first kappa shape index (κ1) is 9.25. The van der Waals surface area contributed by atoms with E-state index in [1.54, 1.807) is 22.5 Å². The molecule has 2 aliphatic rings. The molecule has 0 saturated carbocycles. The van der Waals surface area contributed by atoms with Gasteiger partial charge in [0.1, 0.15) is 0 Å². The maximum atomic E-state index is 2.52. The second-order valence-electron chi connectivity index (χ2n) is 4.55. The van der Waals surface area contributed by atoms with E-state index in [-0.39, 0.29) is 0 Å². The lowest BCUT2D eigenvalue weighted by molar-refractivity contribution is 0.661. The highest BCUT2D eigenvalue weighted by Gasteiger charge is 2.24. The minimum absolute atomic E-state index is 1.32. The molecule has 1 heterocycles. The maximum absolute atomic E-state index is 2.52. The van der Waals surface area contributed by atoms with Crippen molar-refractivity contribution < 1.29 is 0 Å². The van der Waals surface area contributed by atoms with Crippen molar-refractivity contribution >= 4 is 22.9 Å². The first-order valence-electron chi connectivity index (χ1n) is 5.78. The second kappa shape index (κ2) is 3.54. The molecule has 3 rings (SSSR count). The van der Waals surface area contributed by atoms with E-state index in [0.717, 1.165) is 0 Å². The van der Waals surface area contributed by atoms with Crippen LogP contribution < -0.4 is 0 Å². The number of rotatable bonds is 0. The summed E-state index contributed by atoms with van der Waals surface area (Å²) in [4.78, 5) is 0. The SMILES string of the molecule is In1c2c(c3c1CCCC3)CCCC2. The molecule has 2 aliphatic carbocycles. The largest absolute Gasteiger partial charge is 0.291 e. The van der Waals surface area contributed by atoms with E-state index in [2.05, 4.69) is 25.6 Å². The predicted molar refractivity (Wildman–Crippen MR) is 67.1 cm³/mol. The fourth-order valence-corrected chi connectivity index (χ4v) is 4.09. The molecule has 0 saturated heterocycles. The van der Waals surface area contributed by atoms with Gasteiger partial charge in [-0.05, 0) is 62.5 Å². The van der Waals surface area contributed by atoms with Gasteiger partial charge in [-0.25, -0.2) is 0 Å². The second-order valence-corrected chi connectivity index (χ2v) is 5.51. The van der Waals surface area contributed by atoms with Crippen molar-refractivity contribution in [2.75, 3.05) is 0 Å². The maximum Gasteiger partial charge on any atom is 0.0640 e. The van der Waals surface area contributed by atoms with Crippen LogP contribution in [-0.4, -0.2) is 2.78 Å². The molecule has 0 unspecified atom stereocenters. The highest BCUT2D eigenvalue weighted by Crippen LogP contribution is 2.35. The molecule has 0 fully saturated rings. The molecule has 2 heteroatoms. The molecule has 0 atom stereocenters. The molecular formula is C12H16IN. The Kier molecular flexibility index (Phi) is 2.34. The van der Waals surface area contributed by atoms with E-state index in [4.69, 9.17) is 0 Å². The molecular weight excluding hydrogens is 285 g/mol. The van der Waals surface area contributed by atoms with Gasteiger partial charge in [0.2, 0.25) is 0 Å². The Balaban J connectivity index is 2.17. The van der Waals surface area contributed by atoms with Gasteiger partial charge >= 0.3 is 0 Å². The van der Waals surface area contributed by atoms with Gasteiger partial charge in [-0.2, -0.15) is 0 Å². The molecule has 1 aromatic heterocycles. The van der Waals surface area contributed by atoms with E-state index < -0.39 is 0 Å². The van der Waals surface area contributed by atoms with E-state index >= 15 is 0 Å². The molecule has 0 N–H and O–H groups in total. The summed E-state index contributed by atoms with van der Waals surface area (Å²) in [6.45, 7) is 0. The van der Waals surface area contributed by atoms with E-state index in [9.17, 15) is 0 Å². The van der Waals surface area contributed by atoms with Crippen molar-refractivity contribution in [2.24, 2.45) is 0 Å². The van der Waals surface area contributed by atoms with Crippen molar-refractivity contribution in [1.82, 2.24) is 2.78 Å². The van der Waals surface area contributed by atoms with Gasteiger partial charge in [0, 0.05) is 11.4 Å². The molecule has 0 radical (unpaired) electrons. The zero-order chi connectivity index (χ0) is 9.54. The van der Waals surface area contributed by atoms with Crippen LogP contribution in [-0.2, 0) is 25.7 Å². The van der Waals surface area contributed by atoms with Crippen LogP contribution in [0, 0.1) is 0 Å². The minimum Gasteiger partial charge on any atom is -0.291 e. The van der Waals surface area contributed by atoms with Gasteiger partial charge in [0.05, 0.1) is 22.9 Å². The number of aromatic nitrogens is 1. The Hall–Kier alpha value is 0.0100. The predicted octanol–water partition coefficient (Wildman–Crippen LogP) is 3.44. The fourth-order valence-electron chi connectivity index (χ4n) is 3.03. The summed E-state index contributed by atoms with van der Waals surface area (Å²) in [5.41, 5.74) is 6.79. The molecule has 0 amide bonds. The third-order valence-corrected chi connectivity index (χ3v) is 4.88. The monoisotopic (exact) mass is 301 g/mol. The molecule has 0 bridgehead atoms. The number of hydrogen-bond acceptors (Lipinski definition) is 0. The fraction of sp³-hybridized carbons (Fsp3) is 0.667. The quantitative estimate of drug-likeness (QED) is 0.647. The van der Waals surface area contributed by atoms with Crippen molar-refractivity contribution in [3.8, 4) is 0 Å². The van der Waals surface area contributed by atoms with Crippen LogP contribution in [0.5, 0.6) is 0 Å². The zero-order valence-electron chi connectivity index (χ0n) is 8.48. The molecule has 0 aromatic carbocycles. The summed E-state index contributed by atoms with van der Waals surface area (Å²) in [5.74, 6) is 0. The lowest BCUT2D eigenvalue weighted by Crippen LogP contribution is -2.04. The highest BCUT2D eigenvalue weighted by molar-refractivity contribution is 14.1. The summed E-state index contributed by atoms with van der Waals surface area (Å²) in [6.07, 6.45) is 11.0. The summed E-state index contributed by atoms with van der Waals surface area (Å²) in [6, 6.07) is 0. The molecule has 0 spiro atoms. The zero-order valence-corrected chi connectivity index (χ0v) is 10.6. The molecule has 1 nitrogen and oxygen atoms in total. The van der Waals surface area contributed by atoms with Crippen molar-refractivity contribution in [2.45, 2.75) is 51.4 Å². The summed E-state index contributed by atoms with van der Waals surface area (Å²) >= 11 is 2.52. The Morgan fingerprint density at radius 2 is 1.14 bits per heavy atom. The Bertz CT molecular complexity index is 331. The van der Waals surface area contributed by atoms with E-state index in [0.29, 0.717) is 0 Å². The molecule has 76 valence electrons. The van der Waals surface area contributed by atoms with Crippen molar-refractivity contribution in [3.63, 3.8) is 0 Å². The number of hydrogen-bond donors (Lipinski definition) is 0. The minimum atomic E-state index is 1.32. The topological polar surface area (TPSA) is 4.93 Å². The summed E-state index contributed by atoms with van der Waals surface area (Å²) < 4.78 is 2.49. The number of nitrogens with zero attached hydrogens (tertiary/aromatic N) is 1. The van der Waals surface area contributed by atoms with Crippen LogP contribution in [0.15, 0.2) is 0 Å². The van der Waals surface area contributed by atoms with Crippen LogP contribution in [0.4, 0.5) is 0 Å². The van der Waals surface area contributed by atoms with Crippen LogP contribution in [0.2, 0.25) is 0 Å². The number of halogens is 1. The highest BCUT2D eigenvalue weighted by atomic mass is 127. The van der Waals surface area contributed by atoms with Crippen molar-refractivity contribution in [3.05, 3.63) is 22.5 Å². The Morgan fingerprint density at radius 1 is 0.714 bits per heavy atom. The Labute approximate surface area is 99.4 Å². The van der Waals surface area contributed by atoms with Gasteiger partial charge in [-0.3, -0.25) is 2.78 Å². The van der Waals surface area contributed by atoms with Crippen LogP contribution in [0.1, 0.15) is 48.2 Å². The summed E-state index contributed by atoms with van der Waals surface area (Å²) in [7, 11) is 0. The first-order chi connectivity index (χ1) is 6.88. The smallest absolute Gasteiger partial charge is 0.0640 e. The first-order valence-corrected chi connectivity index (χ1v) is 6.75. The van der Waals surface area contributed by atoms with Crippen LogP contribution >= 0.6 is 22.9 Å². The van der Waals surface area contributed by atoms with Gasteiger partial charge in [-0.1, -0.05) is 0 Å². The number of fused-ring (bicyclic) bond motifs is 3. The average molecular weight is 301 g/mol. The third-order valence-electron chi connectivity index (χ3n) is 3.72. The van der Waals surface area contributed by atoms with Gasteiger partial charge < -0.3 is 0 Å². The van der Waals surface area contributed by atoms with Gasteiger partial charge in [-0.15, -0.1) is 0 Å². The van der Waals surface area contributed by atoms with Crippen LogP contribution in [0.3, 0.4) is 0 Å². The van der Waals surface area contributed by atoms with Crippen molar-refractivity contribution in [1.29, 1.82) is 0 Å². The Morgan fingerprint density at radius 3 is 1.64 bits per heavy atom. The third kappa shape index (κ3) is 1.26.